The minimum Gasteiger partial charge on any atom is -0.353 e. The number of aromatic nitrogens is 3. The largest absolute Gasteiger partial charge is 0.353 e. The van der Waals surface area contributed by atoms with E-state index in [1.165, 1.54) is 10.1 Å². The van der Waals surface area contributed by atoms with E-state index in [0.29, 0.717) is 18.5 Å². The van der Waals surface area contributed by atoms with Crippen molar-refractivity contribution in [3.8, 4) is 0 Å². The Hall–Kier alpha value is -3.41. The quantitative estimate of drug-likeness (QED) is 0.602. The number of nitrogens with zero attached hydrogens (tertiary/aromatic N) is 3. The Morgan fingerprint density at radius 2 is 1.77 bits per heavy atom. The molecule has 0 saturated heterocycles. The van der Waals surface area contributed by atoms with Crippen LogP contribution in [0.3, 0.4) is 0 Å². The van der Waals surface area contributed by atoms with Crippen molar-refractivity contribution in [3.05, 3.63) is 77.3 Å². The summed E-state index contributed by atoms with van der Waals surface area (Å²) in [6.07, 6.45) is 3.61. The van der Waals surface area contributed by atoms with Gasteiger partial charge in [-0.1, -0.05) is 36.4 Å². The molecule has 0 aliphatic rings. The van der Waals surface area contributed by atoms with Crippen molar-refractivity contribution in [1.29, 1.82) is 0 Å². The molecule has 0 bridgehead atoms. The van der Waals surface area contributed by atoms with E-state index < -0.39 is 0 Å². The maximum atomic E-state index is 12.4. The summed E-state index contributed by atoms with van der Waals surface area (Å²) in [6.45, 7) is 1.06. The number of nitrogens with one attached hydrogen (secondary N) is 1. The first kappa shape index (κ1) is 16.1. The Bertz CT molecular complexity index is 1140. The molecule has 1 N–H and O–H groups in total. The molecule has 0 spiro atoms. The van der Waals surface area contributed by atoms with Gasteiger partial charge in [-0.25, -0.2) is 4.68 Å². The Morgan fingerprint density at radius 1 is 1.00 bits per heavy atom. The molecule has 2 aromatic carbocycles. The van der Waals surface area contributed by atoms with Gasteiger partial charge < -0.3 is 9.88 Å². The summed E-state index contributed by atoms with van der Waals surface area (Å²) in [6, 6.07) is 17.4. The SMILES string of the molecule is O=C(Cn1ncc2ccccc2c1=O)NCCn1ccc2ccccc21. The second kappa shape index (κ2) is 6.84. The van der Waals surface area contributed by atoms with Crippen LogP contribution in [0.4, 0.5) is 0 Å². The number of amides is 1. The second-order valence-corrected chi connectivity index (χ2v) is 6.11. The minimum atomic E-state index is -0.255. The third-order valence-electron chi connectivity index (χ3n) is 4.41. The highest BCUT2D eigenvalue weighted by molar-refractivity contribution is 5.81. The number of hydrogen-bond acceptors (Lipinski definition) is 3. The van der Waals surface area contributed by atoms with Crippen LogP contribution in [0, 0.1) is 0 Å². The van der Waals surface area contributed by atoms with Crippen LogP contribution in [-0.2, 0) is 17.9 Å². The van der Waals surface area contributed by atoms with E-state index in [1.54, 1.807) is 18.3 Å². The van der Waals surface area contributed by atoms with Crippen molar-refractivity contribution in [1.82, 2.24) is 19.7 Å². The molecule has 26 heavy (non-hydrogen) atoms. The predicted molar refractivity (Wildman–Crippen MR) is 101 cm³/mol. The molecule has 6 nitrogen and oxygen atoms in total. The van der Waals surface area contributed by atoms with Crippen molar-refractivity contribution in [2.24, 2.45) is 0 Å². The second-order valence-electron chi connectivity index (χ2n) is 6.11. The summed E-state index contributed by atoms with van der Waals surface area (Å²) >= 11 is 0. The molecule has 0 aliphatic heterocycles. The molecule has 0 radical (unpaired) electrons. The minimum absolute atomic E-state index is 0.0872. The molecule has 130 valence electrons. The summed E-state index contributed by atoms with van der Waals surface area (Å²) in [5.74, 6) is -0.230. The van der Waals surface area contributed by atoms with Gasteiger partial charge in [-0.15, -0.1) is 0 Å². The molecule has 0 saturated carbocycles. The topological polar surface area (TPSA) is 68.9 Å². The lowest BCUT2D eigenvalue weighted by molar-refractivity contribution is -0.121. The van der Waals surface area contributed by atoms with E-state index in [2.05, 4.69) is 33.2 Å². The van der Waals surface area contributed by atoms with Crippen LogP contribution in [0.2, 0.25) is 0 Å². The lowest BCUT2D eigenvalue weighted by atomic mass is 10.2. The first-order chi connectivity index (χ1) is 12.7. The van der Waals surface area contributed by atoms with E-state index in [9.17, 15) is 9.59 Å². The van der Waals surface area contributed by atoms with Crippen LogP contribution in [0.15, 0.2) is 71.8 Å². The first-order valence-electron chi connectivity index (χ1n) is 8.48. The molecule has 4 aromatic rings. The van der Waals surface area contributed by atoms with Crippen molar-refractivity contribution >= 4 is 27.6 Å². The molecule has 0 atom stereocenters. The van der Waals surface area contributed by atoms with Crippen LogP contribution in [0.5, 0.6) is 0 Å². The molecule has 6 heteroatoms. The molecular formula is C20H18N4O2. The summed E-state index contributed by atoms with van der Waals surface area (Å²) < 4.78 is 3.29. The average Bonchev–Trinajstić information content (AvgIpc) is 3.08. The molecular weight excluding hydrogens is 328 g/mol. The Kier molecular flexibility index (Phi) is 4.23. The summed E-state index contributed by atoms with van der Waals surface area (Å²) in [5, 5.41) is 9.44. The van der Waals surface area contributed by atoms with Gasteiger partial charge in [-0.3, -0.25) is 9.59 Å². The van der Waals surface area contributed by atoms with E-state index in [4.69, 9.17) is 0 Å². The highest BCUT2D eigenvalue weighted by Crippen LogP contribution is 2.14. The Balaban J connectivity index is 1.40. The Labute approximate surface area is 149 Å². The van der Waals surface area contributed by atoms with E-state index in [0.717, 1.165) is 10.9 Å². The fourth-order valence-corrected chi connectivity index (χ4v) is 3.08. The van der Waals surface area contributed by atoms with Gasteiger partial charge >= 0.3 is 0 Å². The lowest BCUT2D eigenvalue weighted by Gasteiger charge is -2.09. The average molecular weight is 346 g/mol. The van der Waals surface area contributed by atoms with Crippen LogP contribution >= 0.6 is 0 Å². The van der Waals surface area contributed by atoms with Crippen LogP contribution in [0.1, 0.15) is 0 Å². The van der Waals surface area contributed by atoms with Crippen LogP contribution in [0.25, 0.3) is 21.7 Å². The van der Waals surface area contributed by atoms with Gasteiger partial charge in [0.2, 0.25) is 5.91 Å². The molecule has 0 unspecified atom stereocenters. The van der Waals surface area contributed by atoms with Crippen molar-refractivity contribution in [2.75, 3.05) is 6.54 Å². The Morgan fingerprint density at radius 3 is 2.65 bits per heavy atom. The predicted octanol–water partition coefficient (Wildman–Crippen LogP) is 2.17. The highest BCUT2D eigenvalue weighted by atomic mass is 16.2. The number of para-hydroxylation sites is 1. The number of hydrogen-bond donors (Lipinski definition) is 1. The van der Waals surface area contributed by atoms with Crippen LogP contribution in [-0.4, -0.2) is 26.8 Å². The number of carbonyl (C=O) groups excluding carboxylic acids is 1. The maximum Gasteiger partial charge on any atom is 0.275 e. The van der Waals surface area contributed by atoms with Gasteiger partial charge in [-0.05, 0) is 23.6 Å². The zero-order chi connectivity index (χ0) is 17.9. The fraction of sp³-hybridized carbons (Fsp3) is 0.150. The van der Waals surface area contributed by atoms with Gasteiger partial charge in [0.1, 0.15) is 6.54 Å². The molecule has 0 fully saturated rings. The number of rotatable bonds is 5. The molecule has 0 aliphatic carbocycles. The number of benzene rings is 2. The molecule has 1 amide bonds. The monoisotopic (exact) mass is 346 g/mol. The third-order valence-corrected chi connectivity index (χ3v) is 4.41. The summed E-state index contributed by atoms with van der Waals surface area (Å²) in [7, 11) is 0. The van der Waals surface area contributed by atoms with Gasteiger partial charge in [0.05, 0.1) is 11.6 Å². The number of carbonyl (C=O) groups is 1. The number of fused-ring (bicyclic) bond motifs is 2. The molecule has 2 aromatic heterocycles. The fourth-order valence-electron chi connectivity index (χ4n) is 3.08. The highest BCUT2D eigenvalue weighted by Gasteiger charge is 2.08. The third kappa shape index (κ3) is 3.09. The normalized spacial score (nSPS) is 11.1. The van der Waals surface area contributed by atoms with Crippen molar-refractivity contribution < 1.29 is 4.79 Å². The van der Waals surface area contributed by atoms with Gasteiger partial charge in [-0.2, -0.15) is 5.10 Å². The van der Waals surface area contributed by atoms with E-state index >= 15 is 0 Å². The zero-order valence-electron chi connectivity index (χ0n) is 14.1. The molecule has 4 rings (SSSR count). The van der Waals surface area contributed by atoms with Crippen LogP contribution < -0.4 is 10.9 Å². The van der Waals surface area contributed by atoms with E-state index in [-0.39, 0.29) is 18.0 Å². The van der Waals surface area contributed by atoms with Crippen molar-refractivity contribution in [3.63, 3.8) is 0 Å². The summed E-state index contributed by atoms with van der Waals surface area (Å²) in [4.78, 5) is 24.6. The lowest BCUT2D eigenvalue weighted by Crippen LogP contribution is -2.35. The zero-order valence-corrected chi connectivity index (χ0v) is 14.1. The van der Waals surface area contributed by atoms with Crippen molar-refractivity contribution in [2.45, 2.75) is 13.1 Å². The first-order valence-corrected chi connectivity index (χ1v) is 8.48. The van der Waals surface area contributed by atoms with Gasteiger partial charge in [0.25, 0.3) is 5.56 Å². The maximum absolute atomic E-state index is 12.4. The standard InChI is InChI=1S/C20H18N4O2/c25-19(14-24-20(26)17-7-3-1-6-16(17)13-22-24)21-10-12-23-11-9-15-5-2-4-8-18(15)23/h1-9,11,13H,10,12,14H2,(H,21,25). The van der Waals surface area contributed by atoms with E-state index in [1.807, 2.05) is 30.5 Å². The smallest absolute Gasteiger partial charge is 0.275 e. The molecule has 2 heterocycles. The summed E-state index contributed by atoms with van der Waals surface area (Å²) in [5.41, 5.74) is 0.879. The van der Waals surface area contributed by atoms with Gasteiger partial charge in [0, 0.05) is 30.2 Å². The van der Waals surface area contributed by atoms with Gasteiger partial charge in [0.15, 0.2) is 0 Å².